The first kappa shape index (κ1) is 13.9. The van der Waals surface area contributed by atoms with E-state index in [1.54, 1.807) is 0 Å². The van der Waals surface area contributed by atoms with E-state index >= 15 is 0 Å². The average Bonchev–Trinajstić information content (AvgIpc) is 2.70. The van der Waals surface area contributed by atoms with Gasteiger partial charge in [0, 0.05) is 31.2 Å². The van der Waals surface area contributed by atoms with Gasteiger partial charge < -0.3 is 10.8 Å². The van der Waals surface area contributed by atoms with Crippen LogP contribution in [0.2, 0.25) is 0 Å². The van der Waals surface area contributed by atoms with Gasteiger partial charge in [0.25, 0.3) is 0 Å². The Morgan fingerprint density at radius 1 is 1.44 bits per heavy atom. The molecule has 4 heteroatoms. The predicted molar refractivity (Wildman–Crippen MR) is 67.4 cm³/mol. The van der Waals surface area contributed by atoms with Crippen LogP contribution in [-0.4, -0.2) is 65.8 Å². The predicted octanol–water partition coefficient (Wildman–Crippen LogP) is 0.111. The molecule has 0 aromatic rings. The zero-order chi connectivity index (χ0) is 12.1. The summed E-state index contributed by atoms with van der Waals surface area (Å²) in [7, 11) is 0. The van der Waals surface area contributed by atoms with E-state index in [2.05, 4.69) is 23.6 Å². The highest BCUT2D eigenvalue weighted by Gasteiger charge is 2.31. The largest absolute Gasteiger partial charge is 0.395 e. The number of aliphatic hydroxyl groups excluding tert-OH is 1. The highest BCUT2D eigenvalue weighted by Crippen LogP contribution is 2.18. The maximum absolute atomic E-state index is 9.36. The van der Waals surface area contributed by atoms with Gasteiger partial charge >= 0.3 is 0 Å². The standard InChI is InChI=1S/C12H27N3O/c1-4-14(5-2)11-6-7-15(8-11)12(9-16)10(3)13/h10-12,16H,4-9,13H2,1-3H3. The van der Waals surface area contributed by atoms with Crippen LogP contribution in [-0.2, 0) is 0 Å². The first-order chi connectivity index (χ1) is 7.63. The van der Waals surface area contributed by atoms with Gasteiger partial charge in [0.2, 0.25) is 0 Å². The Bertz CT molecular complexity index is 195. The summed E-state index contributed by atoms with van der Waals surface area (Å²) >= 11 is 0. The Hall–Kier alpha value is -0.160. The van der Waals surface area contributed by atoms with Crippen LogP contribution in [0.4, 0.5) is 0 Å². The molecule has 16 heavy (non-hydrogen) atoms. The number of nitrogens with zero attached hydrogens (tertiary/aromatic N) is 2. The zero-order valence-electron chi connectivity index (χ0n) is 10.9. The van der Waals surface area contributed by atoms with Gasteiger partial charge in [0.15, 0.2) is 0 Å². The van der Waals surface area contributed by atoms with Crippen molar-refractivity contribution in [1.29, 1.82) is 0 Å². The molecule has 1 heterocycles. The molecule has 96 valence electrons. The van der Waals surface area contributed by atoms with Crippen molar-refractivity contribution in [3.63, 3.8) is 0 Å². The van der Waals surface area contributed by atoms with E-state index in [1.165, 1.54) is 6.42 Å². The highest BCUT2D eigenvalue weighted by atomic mass is 16.3. The summed E-state index contributed by atoms with van der Waals surface area (Å²) in [6.45, 7) is 10.9. The SMILES string of the molecule is CCN(CC)C1CCN(C(CO)C(C)N)C1. The first-order valence-corrected chi connectivity index (χ1v) is 6.48. The molecular weight excluding hydrogens is 202 g/mol. The first-order valence-electron chi connectivity index (χ1n) is 6.48. The topological polar surface area (TPSA) is 52.7 Å². The maximum Gasteiger partial charge on any atom is 0.0601 e. The summed E-state index contributed by atoms with van der Waals surface area (Å²) in [4.78, 5) is 4.84. The fourth-order valence-electron chi connectivity index (χ4n) is 2.72. The van der Waals surface area contributed by atoms with Gasteiger partial charge in [-0.3, -0.25) is 9.80 Å². The number of nitrogens with two attached hydrogens (primary N) is 1. The molecular formula is C12H27N3O. The minimum absolute atomic E-state index is 0.0421. The number of hydrogen-bond acceptors (Lipinski definition) is 4. The van der Waals surface area contributed by atoms with Crippen molar-refractivity contribution < 1.29 is 5.11 Å². The van der Waals surface area contributed by atoms with Crippen LogP contribution in [0.5, 0.6) is 0 Å². The fourth-order valence-corrected chi connectivity index (χ4v) is 2.72. The van der Waals surface area contributed by atoms with E-state index in [9.17, 15) is 5.11 Å². The molecule has 0 aromatic heterocycles. The molecule has 0 aromatic carbocycles. The summed E-state index contributed by atoms with van der Waals surface area (Å²) in [5, 5.41) is 9.36. The Labute approximate surface area is 99.4 Å². The minimum atomic E-state index is 0.0421. The summed E-state index contributed by atoms with van der Waals surface area (Å²) < 4.78 is 0. The normalized spacial score (nSPS) is 26.2. The van der Waals surface area contributed by atoms with E-state index in [-0.39, 0.29) is 18.7 Å². The summed E-state index contributed by atoms with van der Waals surface area (Å²) in [6, 6.07) is 0.809. The number of rotatable bonds is 6. The molecule has 0 amide bonds. The van der Waals surface area contributed by atoms with Crippen molar-refractivity contribution in [3.05, 3.63) is 0 Å². The van der Waals surface area contributed by atoms with E-state index in [4.69, 9.17) is 5.73 Å². The molecule has 1 fully saturated rings. The monoisotopic (exact) mass is 229 g/mol. The molecule has 3 N–H and O–H groups in total. The number of likely N-dealkylation sites (N-methyl/N-ethyl adjacent to an activating group) is 1. The van der Waals surface area contributed by atoms with Crippen LogP contribution in [0.15, 0.2) is 0 Å². The lowest BCUT2D eigenvalue weighted by Gasteiger charge is -2.31. The smallest absolute Gasteiger partial charge is 0.0601 e. The van der Waals surface area contributed by atoms with E-state index in [1.807, 2.05) is 6.92 Å². The van der Waals surface area contributed by atoms with Crippen LogP contribution < -0.4 is 5.73 Å². The summed E-state index contributed by atoms with van der Waals surface area (Å²) in [6.07, 6.45) is 1.20. The van der Waals surface area contributed by atoms with Crippen molar-refractivity contribution in [3.8, 4) is 0 Å². The summed E-state index contributed by atoms with van der Waals surface area (Å²) in [5.41, 5.74) is 5.90. The van der Waals surface area contributed by atoms with Crippen LogP contribution in [0.25, 0.3) is 0 Å². The molecule has 1 rings (SSSR count). The third kappa shape index (κ3) is 3.17. The molecule has 0 spiro atoms. The lowest BCUT2D eigenvalue weighted by Crippen LogP contribution is -2.49. The molecule has 3 atom stereocenters. The highest BCUT2D eigenvalue weighted by molar-refractivity contribution is 4.89. The van der Waals surface area contributed by atoms with Crippen LogP contribution in [0.1, 0.15) is 27.2 Å². The zero-order valence-corrected chi connectivity index (χ0v) is 10.9. The van der Waals surface area contributed by atoms with Crippen LogP contribution in [0, 0.1) is 0 Å². The number of likely N-dealkylation sites (tertiary alicyclic amines) is 1. The molecule has 0 aliphatic carbocycles. The van der Waals surface area contributed by atoms with Crippen molar-refractivity contribution in [1.82, 2.24) is 9.80 Å². The molecule has 0 saturated carbocycles. The lowest BCUT2D eigenvalue weighted by molar-refractivity contribution is 0.118. The van der Waals surface area contributed by atoms with E-state index in [0.717, 1.165) is 26.2 Å². The van der Waals surface area contributed by atoms with Crippen molar-refractivity contribution >= 4 is 0 Å². The molecule has 0 radical (unpaired) electrons. The van der Waals surface area contributed by atoms with Gasteiger partial charge in [-0.05, 0) is 26.4 Å². The third-order valence-corrected chi connectivity index (χ3v) is 3.79. The third-order valence-electron chi connectivity index (χ3n) is 3.79. The van der Waals surface area contributed by atoms with Gasteiger partial charge in [-0.25, -0.2) is 0 Å². The van der Waals surface area contributed by atoms with Gasteiger partial charge in [-0.15, -0.1) is 0 Å². The Morgan fingerprint density at radius 3 is 2.50 bits per heavy atom. The molecule has 0 bridgehead atoms. The molecule has 1 saturated heterocycles. The molecule has 1 aliphatic heterocycles. The van der Waals surface area contributed by atoms with Crippen LogP contribution in [0.3, 0.4) is 0 Å². The summed E-state index contributed by atoms with van der Waals surface area (Å²) in [5.74, 6) is 0. The van der Waals surface area contributed by atoms with E-state index < -0.39 is 0 Å². The average molecular weight is 229 g/mol. The van der Waals surface area contributed by atoms with Gasteiger partial charge in [-0.2, -0.15) is 0 Å². The Balaban J connectivity index is 2.50. The Kier molecular flexibility index (Phi) is 5.69. The second kappa shape index (κ2) is 6.55. The quantitative estimate of drug-likeness (QED) is 0.679. The van der Waals surface area contributed by atoms with Gasteiger partial charge in [0.1, 0.15) is 0 Å². The van der Waals surface area contributed by atoms with Crippen LogP contribution >= 0.6 is 0 Å². The van der Waals surface area contributed by atoms with Crippen molar-refractivity contribution in [2.45, 2.75) is 45.3 Å². The van der Waals surface area contributed by atoms with Crippen molar-refractivity contribution in [2.75, 3.05) is 32.8 Å². The molecule has 1 aliphatic rings. The number of aliphatic hydroxyl groups is 1. The molecule has 4 nitrogen and oxygen atoms in total. The number of hydrogen-bond donors (Lipinski definition) is 2. The van der Waals surface area contributed by atoms with E-state index in [0.29, 0.717) is 6.04 Å². The molecule has 3 unspecified atom stereocenters. The minimum Gasteiger partial charge on any atom is -0.395 e. The van der Waals surface area contributed by atoms with Gasteiger partial charge in [0.05, 0.1) is 6.61 Å². The lowest BCUT2D eigenvalue weighted by atomic mass is 10.1. The Morgan fingerprint density at radius 2 is 2.06 bits per heavy atom. The van der Waals surface area contributed by atoms with Gasteiger partial charge in [-0.1, -0.05) is 13.8 Å². The second-order valence-corrected chi connectivity index (χ2v) is 4.77. The second-order valence-electron chi connectivity index (χ2n) is 4.77. The maximum atomic E-state index is 9.36. The fraction of sp³-hybridized carbons (Fsp3) is 1.00. The van der Waals surface area contributed by atoms with Crippen molar-refractivity contribution in [2.24, 2.45) is 5.73 Å².